The maximum atomic E-state index is 12.1. The molecule has 3 heterocycles. The number of nitrogens with zero attached hydrogens (tertiary/aromatic N) is 5. The van der Waals surface area contributed by atoms with E-state index < -0.39 is 0 Å². The molecule has 1 aliphatic heterocycles. The number of rotatable bonds is 6. The number of allylic oxidation sites excluding steroid dienone is 2. The molecule has 7 nitrogen and oxygen atoms in total. The molecule has 1 aliphatic carbocycles. The lowest BCUT2D eigenvalue weighted by atomic mass is 10.0. The zero-order chi connectivity index (χ0) is 17.9. The van der Waals surface area contributed by atoms with Crippen LogP contribution in [0.2, 0.25) is 0 Å². The first kappa shape index (κ1) is 17.1. The van der Waals surface area contributed by atoms with Gasteiger partial charge >= 0.3 is 0 Å². The molecule has 4 rings (SSSR count). The fourth-order valence-electron chi connectivity index (χ4n) is 3.99. The van der Waals surface area contributed by atoms with Crippen LogP contribution < -0.4 is 5.32 Å². The Labute approximate surface area is 153 Å². The van der Waals surface area contributed by atoms with Crippen molar-refractivity contribution in [2.75, 3.05) is 26.7 Å². The van der Waals surface area contributed by atoms with Crippen LogP contribution in [0, 0.1) is 5.92 Å². The monoisotopic (exact) mass is 354 g/mol. The number of carbonyl (C=O) groups is 1. The highest BCUT2D eigenvalue weighted by Crippen LogP contribution is 2.29. The van der Waals surface area contributed by atoms with Crippen molar-refractivity contribution in [2.24, 2.45) is 5.92 Å². The van der Waals surface area contributed by atoms with E-state index in [0.29, 0.717) is 31.3 Å². The summed E-state index contributed by atoms with van der Waals surface area (Å²) in [7, 11) is 2.14. The Morgan fingerprint density at radius 1 is 1.31 bits per heavy atom. The Bertz CT molecular complexity index is 813. The molecule has 0 bridgehead atoms. The molecule has 2 aromatic heterocycles. The summed E-state index contributed by atoms with van der Waals surface area (Å²) in [6.45, 7) is 3.27. The van der Waals surface area contributed by atoms with Crippen LogP contribution in [0.3, 0.4) is 0 Å². The molecule has 1 N–H and O–H groups in total. The third-order valence-electron chi connectivity index (χ3n) is 5.38. The smallest absolute Gasteiger partial charge is 0.220 e. The number of hydrogen-bond donors (Lipinski definition) is 1. The first-order valence-corrected chi connectivity index (χ1v) is 9.50. The Balaban J connectivity index is 1.41. The van der Waals surface area contributed by atoms with E-state index in [-0.39, 0.29) is 5.91 Å². The number of fused-ring (bicyclic) bond motifs is 1. The lowest BCUT2D eigenvalue weighted by Gasteiger charge is -2.09. The quantitative estimate of drug-likeness (QED) is 0.800. The second-order valence-electron chi connectivity index (χ2n) is 7.40. The average Bonchev–Trinajstić information content (AvgIpc) is 3.36. The van der Waals surface area contributed by atoms with Gasteiger partial charge in [0.2, 0.25) is 5.91 Å². The number of hydrogen-bond acceptors (Lipinski definition) is 5. The van der Waals surface area contributed by atoms with E-state index in [2.05, 4.69) is 39.4 Å². The zero-order valence-electron chi connectivity index (χ0n) is 15.3. The SMILES string of the molecule is CN1CCC(c2nn(CCNC(=O)CC3C=CCC3)c3nccnc23)C1. The van der Waals surface area contributed by atoms with E-state index in [1.54, 1.807) is 12.4 Å². The predicted molar refractivity (Wildman–Crippen MR) is 99.7 cm³/mol. The molecule has 138 valence electrons. The van der Waals surface area contributed by atoms with E-state index in [1.807, 2.05) is 4.68 Å². The van der Waals surface area contributed by atoms with Crippen molar-refractivity contribution < 1.29 is 4.79 Å². The maximum absolute atomic E-state index is 12.1. The predicted octanol–water partition coefficient (Wildman–Crippen LogP) is 1.72. The van der Waals surface area contributed by atoms with Crippen LogP contribution in [0.15, 0.2) is 24.5 Å². The fourth-order valence-corrected chi connectivity index (χ4v) is 3.99. The van der Waals surface area contributed by atoms with Gasteiger partial charge in [-0.3, -0.25) is 4.79 Å². The van der Waals surface area contributed by atoms with Gasteiger partial charge in [0, 0.05) is 37.8 Å². The van der Waals surface area contributed by atoms with Gasteiger partial charge in [0.1, 0.15) is 5.52 Å². The molecular weight excluding hydrogens is 328 g/mol. The fraction of sp³-hybridized carbons (Fsp3) is 0.579. The summed E-state index contributed by atoms with van der Waals surface area (Å²) in [6, 6.07) is 0. The van der Waals surface area contributed by atoms with Crippen LogP contribution in [0.1, 0.15) is 37.3 Å². The number of likely N-dealkylation sites (N-methyl/N-ethyl adjacent to an activating group) is 1. The lowest BCUT2D eigenvalue weighted by Crippen LogP contribution is -2.28. The molecule has 2 aromatic rings. The van der Waals surface area contributed by atoms with Crippen LogP contribution in [-0.4, -0.2) is 57.2 Å². The summed E-state index contributed by atoms with van der Waals surface area (Å²) in [5.41, 5.74) is 2.75. The number of likely N-dealkylation sites (tertiary alicyclic amines) is 1. The largest absolute Gasteiger partial charge is 0.354 e. The second kappa shape index (κ2) is 7.53. The normalized spacial score (nSPS) is 23.1. The third kappa shape index (κ3) is 3.62. The molecule has 2 aliphatic rings. The summed E-state index contributed by atoms with van der Waals surface area (Å²) >= 11 is 0. The standard InChI is InChI=1S/C19H26N6O/c1-24-10-6-15(13-24)17-18-19(22-8-7-21-18)25(23-17)11-9-20-16(26)12-14-4-2-3-5-14/h2,4,7-8,14-15H,3,5-6,9-13H2,1H3,(H,20,26). The summed E-state index contributed by atoms with van der Waals surface area (Å²) < 4.78 is 1.89. The van der Waals surface area contributed by atoms with Gasteiger partial charge in [0.15, 0.2) is 5.65 Å². The van der Waals surface area contributed by atoms with Gasteiger partial charge in [-0.1, -0.05) is 12.2 Å². The Kier molecular flexibility index (Phi) is 4.97. The van der Waals surface area contributed by atoms with Crippen LogP contribution in [0.4, 0.5) is 0 Å². The summed E-state index contributed by atoms with van der Waals surface area (Å²) in [6.07, 6.45) is 11.6. The number of aromatic nitrogens is 4. The van der Waals surface area contributed by atoms with Crippen molar-refractivity contribution in [1.82, 2.24) is 30.0 Å². The van der Waals surface area contributed by atoms with Gasteiger partial charge in [-0.25, -0.2) is 14.6 Å². The molecule has 7 heteroatoms. The van der Waals surface area contributed by atoms with Gasteiger partial charge in [-0.05, 0) is 38.8 Å². The maximum Gasteiger partial charge on any atom is 0.220 e. The second-order valence-corrected chi connectivity index (χ2v) is 7.40. The highest BCUT2D eigenvalue weighted by Gasteiger charge is 2.27. The van der Waals surface area contributed by atoms with Crippen molar-refractivity contribution >= 4 is 17.1 Å². The van der Waals surface area contributed by atoms with E-state index in [1.165, 1.54) is 0 Å². The molecular formula is C19H26N6O. The zero-order valence-corrected chi connectivity index (χ0v) is 15.3. The van der Waals surface area contributed by atoms with Gasteiger partial charge in [0.05, 0.1) is 12.2 Å². The van der Waals surface area contributed by atoms with Crippen molar-refractivity contribution in [3.63, 3.8) is 0 Å². The number of amides is 1. The molecule has 0 radical (unpaired) electrons. The molecule has 0 aromatic carbocycles. The van der Waals surface area contributed by atoms with Crippen LogP contribution in [0.5, 0.6) is 0 Å². The number of carbonyl (C=O) groups excluding carboxylic acids is 1. The van der Waals surface area contributed by atoms with Crippen molar-refractivity contribution in [1.29, 1.82) is 0 Å². The minimum atomic E-state index is 0.113. The molecule has 0 saturated carbocycles. The third-order valence-corrected chi connectivity index (χ3v) is 5.38. The highest BCUT2D eigenvalue weighted by molar-refractivity contribution is 5.76. The molecule has 2 unspecified atom stereocenters. The Morgan fingerprint density at radius 2 is 2.19 bits per heavy atom. The van der Waals surface area contributed by atoms with Gasteiger partial charge < -0.3 is 10.2 Å². The molecule has 1 fully saturated rings. The topological polar surface area (TPSA) is 75.9 Å². The number of nitrogens with one attached hydrogen (secondary N) is 1. The Hall–Kier alpha value is -2.28. The van der Waals surface area contributed by atoms with Gasteiger partial charge in [-0.2, -0.15) is 5.10 Å². The van der Waals surface area contributed by atoms with Gasteiger partial charge in [-0.15, -0.1) is 0 Å². The molecule has 2 atom stereocenters. The molecule has 1 saturated heterocycles. The summed E-state index contributed by atoms with van der Waals surface area (Å²) in [5, 5.41) is 7.83. The minimum Gasteiger partial charge on any atom is -0.354 e. The van der Waals surface area contributed by atoms with E-state index in [0.717, 1.165) is 49.2 Å². The van der Waals surface area contributed by atoms with E-state index in [4.69, 9.17) is 5.10 Å². The van der Waals surface area contributed by atoms with E-state index in [9.17, 15) is 4.79 Å². The molecule has 0 spiro atoms. The summed E-state index contributed by atoms with van der Waals surface area (Å²) in [4.78, 5) is 23.4. The molecule has 26 heavy (non-hydrogen) atoms. The molecule has 1 amide bonds. The average molecular weight is 354 g/mol. The first-order chi connectivity index (χ1) is 12.7. The minimum absolute atomic E-state index is 0.113. The first-order valence-electron chi connectivity index (χ1n) is 9.50. The van der Waals surface area contributed by atoms with Crippen molar-refractivity contribution in [2.45, 2.75) is 38.1 Å². The van der Waals surface area contributed by atoms with Crippen LogP contribution in [-0.2, 0) is 11.3 Å². The highest BCUT2D eigenvalue weighted by atomic mass is 16.1. The van der Waals surface area contributed by atoms with Gasteiger partial charge in [0.25, 0.3) is 0 Å². The van der Waals surface area contributed by atoms with Crippen LogP contribution >= 0.6 is 0 Å². The Morgan fingerprint density at radius 3 is 2.96 bits per heavy atom. The van der Waals surface area contributed by atoms with E-state index >= 15 is 0 Å². The van der Waals surface area contributed by atoms with Crippen LogP contribution in [0.25, 0.3) is 11.2 Å². The summed E-state index contributed by atoms with van der Waals surface area (Å²) in [5.74, 6) is 0.920. The van der Waals surface area contributed by atoms with Crippen molar-refractivity contribution in [3.8, 4) is 0 Å². The lowest BCUT2D eigenvalue weighted by molar-refractivity contribution is -0.121. The van der Waals surface area contributed by atoms with Crippen molar-refractivity contribution in [3.05, 3.63) is 30.2 Å².